The average molecular weight is 553 g/mol. The highest BCUT2D eigenvalue weighted by Gasteiger charge is 2.18. The standard InChI is InChI=1S/C38H24N4O/c1-3-11-27(12-4-1)36-40-37(28-13-5-2-6-14-28)42-38(41-36)29-23-31(35-30-15-7-8-17-33(30)43-34(35)24-29)25-18-20-26(21-19-25)32-16-9-10-22-39-32/h1-24H. The quantitative estimate of drug-likeness (QED) is 0.213. The van der Waals surface area contributed by atoms with Crippen LogP contribution in [0.5, 0.6) is 0 Å². The number of fused-ring (bicyclic) bond motifs is 3. The summed E-state index contributed by atoms with van der Waals surface area (Å²) in [6, 6.07) is 46.9. The molecule has 0 fully saturated rings. The van der Waals surface area contributed by atoms with Crippen molar-refractivity contribution in [3.8, 4) is 56.5 Å². The van der Waals surface area contributed by atoms with Gasteiger partial charge in [-0.3, -0.25) is 4.98 Å². The van der Waals surface area contributed by atoms with Crippen LogP contribution in [0.3, 0.4) is 0 Å². The Morgan fingerprint density at radius 3 is 1.65 bits per heavy atom. The van der Waals surface area contributed by atoms with E-state index in [0.717, 1.165) is 61.0 Å². The van der Waals surface area contributed by atoms with Crippen LogP contribution in [0.25, 0.3) is 78.5 Å². The van der Waals surface area contributed by atoms with Gasteiger partial charge in [0.05, 0.1) is 5.69 Å². The predicted octanol–water partition coefficient (Wildman–Crippen LogP) is 9.50. The Morgan fingerprint density at radius 2 is 1.00 bits per heavy atom. The second kappa shape index (κ2) is 10.5. The van der Waals surface area contributed by atoms with E-state index >= 15 is 0 Å². The summed E-state index contributed by atoms with van der Waals surface area (Å²) in [5.74, 6) is 1.83. The first kappa shape index (κ1) is 24.8. The second-order valence-electron chi connectivity index (χ2n) is 10.3. The van der Waals surface area contributed by atoms with Crippen molar-refractivity contribution in [3.05, 3.63) is 146 Å². The van der Waals surface area contributed by atoms with E-state index < -0.39 is 0 Å². The minimum atomic E-state index is 0.585. The van der Waals surface area contributed by atoms with Crippen molar-refractivity contribution in [2.75, 3.05) is 0 Å². The van der Waals surface area contributed by atoms with Crippen LogP contribution < -0.4 is 0 Å². The molecule has 5 heteroatoms. The van der Waals surface area contributed by atoms with Crippen LogP contribution in [0.15, 0.2) is 150 Å². The van der Waals surface area contributed by atoms with Gasteiger partial charge in [0, 0.05) is 39.2 Å². The highest BCUT2D eigenvalue weighted by Crippen LogP contribution is 2.40. The van der Waals surface area contributed by atoms with Gasteiger partial charge in [0.25, 0.3) is 0 Å². The van der Waals surface area contributed by atoms with Gasteiger partial charge in [-0.2, -0.15) is 0 Å². The Morgan fingerprint density at radius 1 is 0.419 bits per heavy atom. The molecule has 0 atom stereocenters. The molecule has 0 aliphatic carbocycles. The number of pyridine rings is 1. The molecule has 8 rings (SSSR count). The van der Waals surface area contributed by atoms with Crippen molar-refractivity contribution in [3.63, 3.8) is 0 Å². The molecule has 0 aliphatic rings. The molecule has 0 saturated heterocycles. The first-order valence-corrected chi connectivity index (χ1v) is 14.1. The molecule has 3 heterocycles. The summed E-state index contributed by atoms with van der Waals surface area (Å²) in [4.78, 5) is 19.3. The zero-order valence-electron chi connectivity index (χ0n) is 23.1. The molecule has 0 N–H and O–H groups in total. The maximum absolute atomic E-state index is 6.42. The van der Waals surface area contributed by atoms with E-state index in [1.165, 1.54) is 0 Å². The fourth-order valence-corrected chi connectivity index (χ4v) is 5.50. The number of hydrogen-bond donors (Lipinski definition) is 0. The van der Waals surface area contributed by atoms with E-state index in [0.29, 0.717) is 17.5 Å². The van der Waals surface area contributed by atoms with Crippen LogP contribution in [0.2, 0.25) is 0 Å². The number of benzene rings is 5. The number of furan rings is 1. The molecule has 0 bridgehead atoms. The normalized spacial score (nSPS) is 11.3. The molecular weight excluding hydrogens is 528 g/mol. The van der Waals surface area contributed by atoms with Gasteiger partial charge in [0.1, 0.15) is 11.2 Å². The molecule has 8 aromatic rings. The van der Waals surface area contributed by atoms with E-state index in [1.54, 1.807) is 0 Å². The molecule has 3 aromatic heterocycles. The Labute approximate surface area is 248 Å². The van der Waals surface area contributed by atoms with Crippen molar-refractivity contribution in [2.24, 2.45) is 0 Å². The van der Waals surface area contributed by atoms with Gasteiger partial charge in [-0.1, -0.05) is 109 Å². The van der Waals surface area contributed by atoms with Crippen molar-refractivity contribution in [2.45, 2.75) is 0 Å². The molecule has 0 radical (unpaired) electrons. The van der Waals surface area contributed by atoms with Gasteiger partial charge in [-0.05, 0) is 41.5 Å². The molecule has 5 aromatic carbocycles. The van der Waals surface area contributed by atoms with E-state index in [2.05, 4.69) is 41.4 Å². The minimum Gasteiger partial charge on any atom is -0.456 e. The third kappa shape index (κ3) is 4.63. The first-order chi connectivity index (χ1) is 21.3. The van der Waals surface area contributed by atoms with Gasteiger partial charge < -0.3 is 4.42 Å². The fourth-order valence-electron chi connectivity index (χ4n) is 5.50. The number of rotatable bonds is 5. The maximum atomic E-state index is 6.42. The largest absolute Gasteiger partial charge is 0.456 e. The summed E-state index contributed by atoms with van der Waals surface area (Å²) in [5.41, 5.74) is 8.45. The molecule has 0 unspecified atom stereocenters. The highest BCUT2D eigenvalue weighted by atomic mass is 16.3. The van der Waals surface area contributed by atoms with Crippen molar-refractivity contribution in [1.82, 2.24) is 19.9 Å². The Balaban J connectivity index is 1.35. The molecule has 0 spiro atoms. The summed E-state index contributed by atoms with van der Waals surface area (Å²) in [7, 11) is 0. The molecule has 0 aliphatic heterocycles. The summed E-state index contributed by atoms with van der Waals surface area (Å²) in [5, 5.41) is 2.13. The van der Waals surface area contributed by atoms with Crippen LogP contribution in [-0.2, 0) is 0 Å². The van der Waals surface area contributed by atoms with Gasteiger partial charge in [0.15, 0.2) is 17.5 Å². The number of hydrogen-bond acceptors (Lipinski definition) is 5. The van der Waals surface area contributed by atoms with Crippen LogP contribution in [0.4, 0.5) is 0 Å². The maximum Gasteiger partial charge on any atom is 0.164 e. The van der Waals surface area contributed by atoms with Crippen LogP contribution in [-0.4, -0.2) is 19.9 Å². The van der Waals surface area contributed by atoms with Gasteiger partial charge >= 0.3 is 0 Å². The molecule has 0 saturated carbocycles. The Bertz CT molecular complexity index is 2150. The lowest BCUT2D eigenvalue weighted by Crippen LogP contribution is -2.00. The third-order valence-electron chi connectivity index (χ3n) is 7.59. The van der Waals surface area contributed by atoms with Gasteiger partial charge in [-0.25, -0.2) is 15.0 Å². The lowest BCUT2D eigenvalue weighted by Gasteiger charge is -2.11. The number of aromatic nitrogens is 4. The molecule has 5 nitrogen and oxygen atoms in total. The van der Waals surface area contributed by atoms with Crippen molar-refractivity contribution in [1.29, 1.82) is 0 Å². The monoisotopic (exact) mass is 552 g/mol. The zero-order valence-corrected chi connectivity index (χ0v) is 23.1. The topological polar surface area (TPSA) is 64.7 Å². The van der Waals surface area contributed by atoms with Gasteiger partial charge in [0.2, 0.25) is 0 Å². The summed E-state index contributed by atoms with van der Waals surface area (Å²) >= 11 is 0. The SMILES string of the molecule is c1ccc(-c2nc(-c3ccccc3)nc(-c3cc(-c4ccc(-c5ccccn5)cc4)c4c(c3)oc3ccccc34)n2)cc1. The molecular formula is C38H24N4O. The smallest absolute Gasteiger partial charge is 0.164 e. The second-order valence-corrected chi connectivity index (χ2v) is 10.3. The number of para-hydroxylation sites is 1. The molecule has 0 amide bonds. The molecule has 202 valence electrons. The number of nitrogens with zero attached hydrogens (tertiary/aromatic N) is 4. The van der Waals surface area contributed by atoms with E-state index in [1.807, 2.05) is 109 Å². The Hall–Kier alpha value is -5.94. The lowest BCUT2D eigenvalue weighted by atomic mass is 9.95. The Kier molecular flexibility index (Phi) is 6.05. The van der Waals surface area contributed by atoms with E-state index in [4.69, 9.17) is 19.4 Å². The van der Waals surface area contributed by atoms with Gasteiger partial charge in [-0.15, -0.1) is 0 Å². The van der Waals surface area contributed by atoms with Crippen molar-refractivity contribution < 1.29 is 4.42 Å². The highest BCUT2D eigenvalue weighted by molar-refractivity contribution is 6.13. The summed E-state index contributed by atoms with van der Waals surface area (Å²) < 4.78 is 6.42. The van der Waals surface area contributed by atoms with Crippen LogP contribution in [0, 0.1) is 0 Å². The predicted molar refractivity (Wildman–Crippen MR) is 172 cm³/mol. The lowest BCUT2D eigenvalue weighted by molar-refractivity contribution is 0.669. The first-order valence-electron chi connectivity index (χ1n) is 14.1. The molecule has 43 heavy (non-hydrogen) atoms. The average Bonchev–Trinajstić information content (AvgIpc) is 3.48. The van der Waals surface area contributed by atoms with E-state index in [-0.39, 0.29) is 0 Å². The summed E-state index contributed by atoms with van der Waals surface area (Å²) in [6.45, 7) is 0. The third-order valence-corrected chi connectivity index (χ3v) is 7.59. The van der Waals surface area contributed by atoms with Crippen LogP contribution in [0.1, 0.15) is 0 Å². The van der Waals surface area contributed by atoms with Crippen molar-refractivity contribution >= 4 is 21.9 Å². The zero-order chi connectivity index (χ0) is 28.6. The van der Waals surface area contributed by atoms with Crippen LogP contribution >= 0.6 is 0 Å². The summed E-state index contributed by atoms with van der Waals surface area (Å²) in [6.07, 6.45) is 1.82. The minimum absolute atomic E-state index is 0.585. The fraction of sp³-hybridized carbons (Fsp3) is 0. The van der Waals surface area contributed by atoms with E-state index in [9.17, 15) is 0 Å².